The monoisotopic (exact) mass is 430 g/mol. The molecule has 0 fully saturated rings. The van der Waals surface area contributed by atoms with Gasteiger partial charge in [0.15, 0.2) is 5.82 Å². The van der Waals surface area contributed by atoms with Gasteiger partial charge in [0.1, 0.15) is 16.9 Å². The van der Waals surface area contributed by atoms with Crippen LogP contribution in [-0.4, -0.2) is 28.1 Å². The normalized spacial score (nSPS) is 15.1. The summed E-state index contributed by atoms with van der Waals surface area (Å²) in [6.07, 6.45) is 0.878. The van der Waals surface area contributed by atoms with Gasteiger partial charge in [-0.15, -0.1) is 10.2 Å². The van der Waals surface area contributed by atoms with E-state index in [9.17, 15) is 0 Å². The highest BCUT2D eigenvalue weighted by Gasteiger charge is 2.31. The molecule has 1 N–H and O–H groups in total. The first-order valence-electron chi connectivity index (χ1n) is 9.72. The number of nitrogens with one attached hydrogen (secondary N) is 1. The van der Waals surface area contributed by atoms with Gasteiger partial charge in [0.05, 0.1) is 18.2 Å². The van der Waals surface area contributed by atoms with Gasteiger partial charge in [0.25, 0.3) is 0 Å². The molecule has 152 valence electrons. The van der Waals surface area contributed by atoms with Crippen LogP contribution in [0.1, 0.15) is 37.3 Å². The molecule has 0 radical (unpaired) electrons. The van der Waals surface area contributed by atoms with Crippen LogP contribution >= 0.6 is 23.4 Å². The summed E-state index contributed by atoms with van der Waals surface area (Å²) in [5.74, 6) is 2.39. The number of halogens is 1. The minimum absolute atomic E-state index is 0.0516. The zero-order valence-electron chi connectivity index (χ0n) is 16.6. The van der Waals surface area contributed by atoms with Crippen LogP contribution in [0.15, 0.2) is 41.6 Å². The summed E-state index contributed by atoms with van der Waals surface area (Å²) in [6, 6.07) is 11.8. The molecule has 1 aromatic heterocycles. The van der Waals surface area contributed by atoms with Gasteiger partial charge >= 0.3 is 0 Å². The number of ether oxygens (including phenoxy) is 2. The first-order valence-corrected chi connectivity index (χ1v) is 11.0. The van der Waals surface area contributed by atoms with E-state index in [1.807, 2.05) is 48.9 Å². The maximum Gasteiger partial charge on any atom is 0.212 e. The third-order valence-electron chi connectivity index (χ3n) is 4.67. The lowest BCUT2D eigenvalue weighted by Gasteiger charge is -2.20. The van der Waals surface area contributed by atoms with E-state index in [1.54, 1.807) is 11.8 Å². The Hall–Kier alpha value is -2.38. The Bertz CT molecular complexity index is 1020. The molecule has 0 amide bonds. The molecule has 6 nitrogen and oxygen atoms in total. The lowest BCUT2D eigenvalue weighted by Crippen LogP contribution is -2.15. The third kappa shape index (κ3) is 3.76. The summed E-state index contributed by atoms with van der Waals surface area (Å²) in [6.45, 7) is 7.30. The number of nitrogens with zero attached hydrogens (tertiary/aromatic N) is 3. The van der Waals surface area contributed by atoms with Crippen LogP contribution < -0.4 is 14.9 Å². The van der Waals surface area contributed by atoms with Crippen molar-refractivity contribution >= 4 is 23.4 Å². The molecule has 1 atom stereocenters. The first-order chi connectivity index (χ1) is 14.2. The van der Waals surface area contributed by atoms with Crippen LogP contribution in [0.5, 0.6) is 11.5 Å². The Morgan fingerprint density at radius 3 is 2.55 bits per heavy atom. The maximum absolute atomic E-state index is 6.37. The van der Waals surface area contributed by atoms with Crippen molar-refractivity contribution in [3.63, 3.8) is 0 Å². The molecule has 0 saturated heterocycles. The number of fused-ring (bicyclic) bond motifs is 1. The van der Waals surface area contributed by atoms with E-state index in [1.165, 1.54) is 0 Å². The predicted octanol–water partition coefficient (Wildman–Crippen LogP) is 5.31. The molecular formula is C21H23ClN4O2S. The molecule has 1 aliphatic heterocycles. The lowest BCUT2D eigenvalue weighted by atomic mass is 10.1. The summed E-state index contributed by atoms with van der Waals surface area (Å²) in [5, 5.41) is 10.0. The smallest absolute Gasteiger partial charge is 0.212 e. The molecule has 29 heavy (non-hydrogen) atoms. The predicted molar refractivity (Wildman–Crippen MR) is 117 cm³/mol. The molecular weight excluding hydrogens is 408 g/mol. The zero-order valence-corrected chi connectivity index (χ0v) is 18.2. The summed E-state index contributed by atoms with van der Waals surface area (Å²) in [7, 11) is 0. The standard InChI is InChI=1S/C21H23ClN4O2S/c1-4-13-11-15(18(28-6-3)12-17(13)27-5-2)20-25-26-19(23-24-21(26)29-20)14-9-7-8-10-16(14)22/h7-12,20,25H,4-6H2,1-3H3. The van der Waals surface area contributed by atoms with Crippen molar-refractivity contribution < 1.29 is 9.47 Å². The molecule has 1 unspecified atom stereocenters. The molecule has 3 aromatic rings. The van der Waals surface area contributed by atoms with Crippen molar-refractivity contribution in [3.05, 3.63) is 52.5 Å². The van der Waals surface area contributed by atoms with E-state index < -0.39 is 0 Å². The summed E-state index contributed by atoms with van der Waals surface area (Å²) in [4.78, 5) is 0. The van der Waals surface area contributed by atoms with Crippen LogP contribution in [-0.2, 0) is 6.42 Å². The second-order valence-corrected chi connectivity index (χ2v) is 7.95. The molecule has 4 rings (SSSR count). The number of hydrogen-bond donors (Lipinski definition) is 1. The molecule has 0 aliphatic carbocycles. The number of rotatable bonds is 7. The number of benzene rings is 2. The molecule has 1 aliphatic rings. The van der Waals surface area contributed by atoms with Gasteiger partial charge < -0.3 is 14.9 Å². The Morgan fingerprint density at radius 2 is 1.83 bits per heavy atom. The largest absolute Gasteiger partial charge is 0.493 e. The van der Waals surface area contributed by atoms with E-state index in [0.29, 0.717) is 24.1 Å². The van der Waals surface area contributed by atoms with Gasteiger partial charge in [-0.2, -0.15) is 0 Å². The highest BCUT2D eigenvalue weighted by atomic mass is 35.5. The highest BCUT2D eigenvalue weighted by Crippen LogP contribution is 2.45. The van der Waals surface area contributed by atoms with Crippen LogP contribution in [0, 0.1) is 0 Å². The van der Waals surface area contributed by atoms with E-state index in [0.717, 1.165) is 39.8 Å². The fraction of sp³-hybridized carbons (Fsp3) is 0.333. The Kier molecular flexibility index (Phi) is 5.87. The number of aryl methyl sites for hydroxylation is 1. The first kappa shape index (κ1) is 19.9. The Labute approximate surface area is 179 Å². The van der Waals surface area contributed by atoms with Crippen molar-refractivity contribution in [1.29, 1.82) is 0 Å². The fourth-order valence-electron chi connectivity index (χ4n) is 3.34. The third-order valence-corrected chi connectivity index (χ3v) is 6.07. The highest BCUT2D eigenvalue weighted by molar-refractivity contribution is 7.99. The second kappa shape index (κ2) is 8.55. The van der Waals surface area contributed by atoms with Gasteiger partial charge in [-0.1, -0.05) is 42.4 Å². The Balaban J connectivity index is 1.70. The van der Waals surface area contributed by atoms with E-state index in [2.05, 4.69) is 28.6 Å². The minimum atomic E-state index is -0.0516. The van der Waals surface area contributed by atoms with Gasteiger partial charge in [-0.3, -0.25) is 0 Å². The summed E-state index contributed by atoms with van der Waals surface area (Å²) >= 11 is 7.98. The van der Waals surface area contributed by atoms with Crippen LogP contribution in [0.4, 0.5) is 0 Å². The second-order valence-electron chi connectivity index (χ2n) is 6.47. The maximum atomic E-state index is 6.37. The molecule has 2 aromatic carbocycles. The van der Waals surface area contributed by atoms with Crippen LogP contribution in [0.25, 0.3) is 11.4 Å². The molecule has 0 spiro atoms. The van der Waals surface area contributed by atoms with Crippen molar-refractivity contribution in [2.75, 3.05) is 18.6 Å². The van der Waals surface area contributed by atoms with Crippen LogP contribution in [0.3, 0.4) is 0 Å². The van der Waals surface area contributed by atoms with Crippen molar-refractivity contribution in [3.8, 4) is 22.9 Å². The van der Waals surface area contributed by atoms with E-state index in [4.69, 9.17) is 21.1 Å². The topological polar surface area (TPSA) is 61.2 Å². The van der Waals surface area contributed by atoms with Gasteiger partial charge in [-0.25, -0.2) is 4.68 Å². The summed E-state index contributed by atoms with van der Waals surface area (Å²) in [5.41, 5.74) is 6.56. The average molecular weight is 431 g/mol. The SMILES string of the molecule is CCOc1cc(OCC)c(C2Nn3c(nnc3-c3ccccc3Cl)S2)cc1CC. The quantitative estimate of drug-likeness (QED) is 0.548. The van der Waals surface area contributed by atoms with Crippen molar-refractivity contribution in [1.82, 2.24) is 14.9 Å². The Morgan fingerprint density at radius 1 is 1.07 bits per heavy atom. The molecule has 2 heterocycles. The van der Waals surface area contributed by atoms with E-state index in [-0.39, 0.29) is 5.37 Å². The number of hydrogen-bond acceptors (Lipinski definition) is 6. The zero-order chi connectivity index (χ0) is 20.4. The van der Waals surface area contributed by atoms with Gasteiger partial charge in [0.2, 0.25) is 5.16 Å². The lowest BCUT2D eigenvalue weighted by molar-refractivity contribution is 0.318. The molecule has 8 heteroatoms. The minimum Gasteiger partial charge on any atom is -0.493 e. The fourth-order valence-corrected chi connectivity index (χ4v) is 4.57. The van der Waals surface area contributed by atoms with E-state index >= 15 is 0 Å². The van der Waals surface area contributed by atoms with Gasteiger partial charge in [0, 0.05) is 17.2 Å². The summed E-state index contributed by atoms with van der Waals surface area (Å²) < 4.78 is 13.7. The van der Waals surface area contributed by atoms with Gasteiger partial charge in [-0.05, 0) is 44.0 Å². The average Bonchev–Trinajstić information content (AvgIpc) is 3.30. The molecule has 0 saturated carbocycles. The van der Waals surface area contributed by atoms with Crippen LogP contribution in [0.2, 0.25) is 5.02 Å². The number of aromatic nitrogens is 3. The van der Waals surface area contributed by atoms with Crippen molar-refractivity contribution in [2.45, 2.75) is 37.7 Å². The molecule has 0 bridgehead atoms. The number of thioether (sulfide) groups is 1. The van der Waals surface area contributed by atoms with Crippen molar-refractivity contribution in [2.24, 2.45) is 0 Å².